The average molecular weight is 174 g/mol. The second kappa shape index (κ2) is 6.44. The van der Waals surface area contributed by atoms with E-state index in [1.807, 2.05) is 20.8 Å². The van der Waals surface area contributed by atoms with E-state index >= 15 is 0 Å². The standard InChI is InChI=1S/C10H22O2/c1-5-10(9(4)11)6-7-12-8(2)3/h8-11H,5-7H2,1-4H3. The molecule has 0 saturated carbocycles. The van der Waals surface area contributed by atoms with Crippen molar-refractivity contribution in [2.45, 2.75) is 52.7 Å². The summed E-state index contributed by atoms with van der Waals surface area (Å²) in [5, 5.41) is 9.32. The molecule has 0 radical (unpaired) electrons. The Morgan fingerprint density at radius 2 is 1.83 bits per heavy atom. The summed E-state index contributed by atoms with van der Waals surface area (Å²) in [5.41, 5.74) is 0. The first-order chi connectivity index (χ1) is 5.57. The minimum atomic E-state index is -0.203. The predicted molar refractivity (Wildman–Crippen MR) is 51.2 cm³/mol. The van der Waals surface area contributed by atoms with E-state index < -0.39 is 0 Å². The number of aliphatic hydroxyl groups is 1. The molecule has 0 rings (SSSR count). The van der Waals surface area contributed by atoms with Gasteiger partial charge < -0.3 is 9.84 Å². The molecule has 0 aromatic rings. The van der Waals surface area contributed by atoms with Crippen LogP contribution < -0.4 is 0 Å². The Morgan fingerprint density at radius 1 is 1.25 bits per heavy atom. The SMILES string of the molecule is CCC(CCOC(C)C)C(C)O. The van der Waals surface area contributed by atoms with Crippen molar-refractivity contribution < 1.29 is 9.84 Å². The summed E-state index contributed by atoms with van der Waals surface area (Å²) < 4.78 is 5.41. The highest BCUT2D eigenvalue weighted by Gasteiger charge is 2.12. The fourth-order valence-electron chi connectivity index (χ4n) is 1.24. The van der Waals surface area contributed by atoms with Crippen molar-refractivity contribution in [3.63, 3.8) is 0 Å². The van der Waals surface area contributed by atoms with Crippen molar-refractivity contribution in [1.29, 1.82) is 0 Å². The van der Waals surface area contributed by atoms with Crippen LogP contribution in [0.1, 0.15) is 40.5 Å². The molecular weight excluding hydrogens is 152 g/mol. The van der Waals surface area contributed by atoms with Crippen molar-refractivity contribution >= 4 is 0 Å². The molecule has 0 fully saturated rings. The maximum Gasteiger partial charge on any atom is 0.0541 e. The molecule has 0 aromatic heterocycles. The van der Waals surface area contributed by atoms with Gasteiger partial charge in [0.2, 0.25) is 0 Å². The van der Waals surface area contributed by atoms with Crippen molar-refractivity contribution in [2.24, 2.45) is 5.92 Å². The normalized spacial score (nSPS) is 16.5. The molecule has 0 aliphatic heterocycles. The first kappa shape index (κ1) is 11.9. The molecule has 2 atom stereocenters. The van der Waals surface area contributed by atoms with E-state index in [0.717, 1.165) is 19.4 Å². The molecule has 2 heteroatoms. The summed E-state index contributed by atoms with van der Waals surface area (Å²) >= 11 is 0. The van der Waals surface area contributed by atoms with Crippen LogP contribution in [0.2, 0.25) is 0 Å². The average Bonchev–Trinajstić information content (AvgIpc) is 1.96. The third kappa shape index (κ3) is 5.56. The highest BCUT2D eigenvalue weighted by molar-refractivity contribution is 4.62. The second-order valence-electron chi connectivity index (χ2n) is 3.62. The minimum absolute atomic E-state index is 0.203. The van der Waals surface area contributed by atoms with Crippen LogP contribution in [0.4, 0.5) is 0 Å². The van der Waals surface area contributed by atoms with Gasteiger partial charge in [-0.3, -0.25) is 0 Å². The quantitative estimate of drug-likeness (QED) is 0.669. The molecular formula is C10H22O2. The third-order valence-corrected chi connectivity index (χ3v) is 2.15. The van der Waals surface area contributed by atoms with Crippen LogP contribution in [-0.4, -0.2) is 23.9 Å². The summed E-state index contributed by atoms with van der Waals surface area (Å²) in [5.74, 6) is 0.392. The summed E-state index contributed by atoms with van der Waals surface area (Å²) in [4.78, 5) is 0. The van der Waals surface area contributed by atoms with E-state index in [1.54, 1.807) is 0 Å². The maximum atomic E-state index is 9.32. The molecule has 0 aliphatic carbocycles. The Bertz CT molecular complexity index is 100. The van der Waals surface area contributed by atoms with Crippen molar-refractivity contribution in [3.05, 3.63) is 0 Å². The summed E-state index contributed by atoms with van der Waals surface area (Å²) in [6, 6.07) is 0. The first-order valence-corrected chi connectivity index (χ1v) is 4.87. The molecule has 0 spiro atoms. The fourth-order valence-corrected chi connectivity index (χ4v) is 1.24. The highest BCUT2D eigenvalue weighted by atomic mass is 16.5. The predicted octanol–water partition coefficient (Wildman–Crippen LogP) is 2.21. The molecule has 0 amide bonds. The van der Waals surface area contributed by atoms with E-state index in [9.17, 15) is 5.11 Å². The van der Waals surface area contributed by atoms with Gasteiger partial charge in [-0.15, -0.1) is 0 Å². The zero-order valence-electron chi connectivity index (χ0n) is 8.71. The molecule has 74 valence electrons. The van der Waals surface area contributed by atoms with E-state index in [2.05, 4.69) is 6.92 Å². The summed E-state index contributed by atoms with van der Waals surface area (Å²) in [7, 11) is 0. The third-order valence-electron chi connectivity index (χ3n) is 2.15. The zero-order valence-corrected chi connectivity index (χ0v) is 8.71. The Labute approximate surface area is 75.9 Å². The Morgan fingerprint density at radius 3 is 2.17 bits per heavy atom. The lowest BCUT2D eigenvalue weighted by molar-refractivity contribution is 0.0443. The topological polar surface area (TPSA) is 29.5 Å². The number of aliphatic hydroxyl groups excluding tert-OH is 1. The lowest BCUT2D eigenvalue weighted by Gasteiger charge is -2.18. The molecule has 1 N–H and O–H groups in total. The maximum absolute atomic E-state index is 9.32. The Balaban J connectivity index is 3.45. The lowest BCUT2D eigenvalue weighted by atomic mass is 9.97. The van der Waals surface area contributed by atoms with Gasteiger partial charge in [-0.05, 0) is 33.1 Å². The van der Waals surface area contributed by atoms with Crippen LogP contribution in [0.15, 0.2) is 0 Å². The number of rotatable bonds is 6. The Kier molecular flexibility index (Phi) is 6.39. The Hall–Kier alpha value is -0.0800. The first-order valence-electron chi connectivity index (χ1n) is 4.87. The zero-order chi connectivity index (χ0) is 9.56. The van der Waals surface area contributed by atoms with E-state index in [0.29, 0.717) is 12.0 Å². The molecule has 0 saturated heterocycles. The molecule has 2 unspecified atom stereocenters. The van der Waals surface area contributed by atoms with Gasteiger partial charge in [0.1, 0.15) is 0 Å². The van der Waals surface area contributed by atoms with Crippen LogP contribution in [-0.2, 0) is 4.74 Å². The van der Waals surface area contributed by atoms with Crippen LogP contribution in [0.5, 0.6) is 0 Å². The summed E-state index contributed by atoms with van der Waals surface area (Å²) in [6.45, 7) is 8.78. The molecule has 0 aromatic carbocycles. The van der Waals surface area contributed by atoms with E-state index in [-0.39, 0.29) is 6.10 Å². The molecule has 0 heterocycles. The number of hydrogen-bond donors (Lipinski definition) is 1. The van der Waals surface area contributed by atoms with Crippen LogP contribution in [0.25, 0.3) is 0 Å². The van der Waals surface area contributed by atoms with Gasteiger partial charge in [0.25, 0.3) is 0 Å². The fraction of sp³-hybridized carbons (Fsp3) is 1.00. The largest absolute Gasteiger partial charge is 0.393 e. The lowest BCUT2D eigenvalue weighted by Crippen LogP contribution is -2.18. The van der Waals surface area contributed by atoms with Crippen LogP contribution in [0.3, 0.4) is 0 Å². The molecule has 12 heavy (non-hydrogen) atoms. The van der Waals surface area contributed by atoms with Crippen LogP contribution in [0, 0.1) is 5.92 Å². The smallest absolute Gasteiger partial charge is 0.0541 e. The van der Waals surface area contributed by atoms with Crippen molar-refractivity contribution in [3.8, 4) is 0 Å². The minimum Gasteiger partial charge on any atom is -0.393 e. The van der Waals surface area contributed by atoms with Crippen molar-refractivity contribution in [1.82, 2.24) is 0 Å². The van der Waals surface area contributed by atoms with E-state index in [1.165, 1.54) is 0 Å². The number of ether oxygens (including phenoxy) is 1. The van der Waals surface area contributed by atoms with Gasteiger partial charge in [-0.25, -0.2) is 0 Å². The second-order valence-corrected chi connectivity index (χ2v) is 3.62. The van der Waals surface area contributed by atoms with Gasteiger partial charge in [0, 0.05) is 6.61 Å². The highest BCUT2D eigenvalue weighted by Crippen LogP contribution is 2.13. The van der Waals surface area contributed by atoms with Crippen LogP contribution >= 0.6 is 0 Å². The van der Waals surface area contributed by atoms with Gasteiger partial charge in [0.15, 0.2) is 0 Å². The van der Waals surface area contributed by atoms with Gasteiger partial charge in [0.05, 0.1) is 12.2 Å². The molecule has 0 aliphatic rings. The number of hydrogen-bond acceptors (Lipinski definition) is 2. The van der Waals surface area contributed by atoms with E-state index in [4.69, 9.17) is 4.74 Å². The van der Waals surface area contributed by atoms with Gasteiger partial charge in [-0.1, -0.05) is 13.3 Å². The molecule has 2 nitrogen and oxygen atoms in total. The summed E-state index contributed by atoms with van der Waals surface area (Å²) in [6.07, 6.45) is 2.09. The van der Waals surface area contributed by atoms with Crippen molar-refractivity contribution in [2.75, 3.05) is 6.61 Å². The van der Waals surface area contributed by atoms with Gasteiger partial charge >= 0.3 is 0 Å². The molecule has 0 bridgehead atoms. The van der Waals surface area contributed by atoms with Gasteiger partial charge in [-0.2, -0.15) is 0 Å². The monoisotopic (exact) mass is 174 g/mol.